The summed E-state index contributed by atoms with van der Waals surface area (Å²) >= 11 is 0. The van der Waals surface area contributed by atoms with E-state index in [-0.39, 0.29) is 29.8 Å². The van der Waals surface area contributed by atoms with Crippen LogP contribution in [0.25, 0.3) is 0 Å². The molecule has 0 spiro atoms. The number of ether oxygens (including phenoxy) is 1. The topological polar surface area (TPSA) is 40.1 Å². The zero-order valence-corrected chi connectivity index (χ0v) is 17.4. The smallest absolute Gasteiger partial charge is 0.193 e. The highest BCUT2D eigenvalue weighted by molar-refractivity contribution is 14.0. The fourth-order valence-electron chi connectivity index (χ4n) is 3.44. The van der Waals surface area contributed by atoms with Gasteiger partial charge in [0.2, 0.25) is 0 Å². The number of nitrogens with one attached hydrogen (secondary N) is 1. The summed E-state index contributed by atoms with van der Waals surface area (Å²) < 4.78 is 32.9. The molecule has 146 valence electrons. The molecule has 0 amide bonds. The molecule has 0 bridgehead atoms. The van der Waals surface area contributed by atoms with Crippen molar-refractivity contribution in [2.24, 2.45) is 4.99 Å². The Morgan fingerprint density at radius 1 is 1.27 bits per heavy atom. The van der Waals surface area contributed by atoms with Crippen LogP contribution in [0.1, 0.15) is 19.3 Å². The fourth-order valence-corrected chi connectivity index (χ4v) is 3.44. The Balaban J connectivity index is 0.00000243. The van der Waals surface area contributed by atoms with Gasteiger partial charge in [-0.05, 0) is 31.4 Å². The van der Waals surface area contributed by atoms with Crippen LogP contribution >= 0.6 is 24.0 Å². The molecule has 0 saturated carbocycles. The van der Waals surface area contributed by atoms with Gasteiger partial charge in [0.05, 0.1) is 11.8 Å². The van der Waals surface area contributed by atoms with Crippen molar-refractivity contribution in [2.75, 3.05) is 51.3 Å². The van der Waals surface area contributed by atoms with Gasteiger partial charge in [-0.25, -0.2) is 8.78 Å². The van der Waals surface area contributed by atoms with Crippen molar-refractivity contribution in [3.63, 3.8) is 0 Å². The van der Waals surface area contributed by atoms with Crippen LogP contribution < -0.4 is 10.2 Å². The predicted molar refractivity (Wildman–Crippen MR) is 111 cm³/mol. The van der Waals surface area contributed by atoms with Crippen molar-refractivity contribution in [1.82, 2.24) is 10.2 Å². The molecule has 1 aromatic rings. The minimum absolute atomic E-state index is 0. The summed E-state index contributed by atoms with van der Waals surface area (Å²) in [4.78, 5) is 8.38. The van der Waals surface area contributed by atoms with Crippen LogP contribution in [0.15, 0.2) is 23.2 Å². The van der Waals surface area contributed by atoms with Gasteiger partial charge in [0.25, 0.3) is 0 Å². The van der Waals surface area contributed by atoms with Crippen molar-refractivity contribution in [2.45, 2.75) is 25.4 Å². The molecule has 2 heterocycles. The summed E-state index contributed by atoms with van der Waals surface area (Å²) in [5.74, 6) is 0.0664. The van der Waals surface area contributed by atoms with Crippen LogP contribution in [0.5, 0.6) is 0 Å². The zero-order valence-electron chi connectivity index (χ0n) is 15.1. The number of halogens is 3. The van der Waals surface area contributed by atoms with Crippen molar-refractivity contribution < 1.29 is 13.5 Å². The molecule has 1 N–H and O–H groups in total. The monoisotopic (exact) mass is 480 g/mol. The molecule has 2 aliphatic rings. The molecule has 0 aromatic heterocycles. The Labute approximate surface area is 170 Å². The van der Waals surface area contributed by atoms with E-state index < -0.39 is 5.82 Å². The lowest BCUT2D eigenvalue weighted by atomic mass is 10.2. The average molecular weight is 480 g/mol. The average Bonchev–Trinajstić information content (AvgIpc) is 3.15. The molecule has 2 aliphatic heterocycles. The maximum Gasteiger partial charge on any atom is 0.193 e. The van der Waals surface area contributed by atoms with Crippen LogP contribution in [0.2, 0.25) is 0 Å². The Morgan fingerprint density at radius 3 is 2.69 bits per heavy atom. The maximum absolute atomic E-state index is 13.9. The first kappa shape index (κ1) is 21.1. The van der Waals surface area contributed by atoms with E-state index in [4.69, 9.17) is 4.74 Å². The molecule has 2 saturated heterocycles. The number of piperazine rings is 1. The Bertz CT molecular complexity index is 603. The lowest BCUT2D eigenvalue weighted by Crippen LogP contribution is -2.53. The van der Waals surface area contributed by atoms with Gasteiger partial charge in [-0.3, -0.25) is 4.99 Å². The lowest BCUT2D eigenvalue weighted by molar-refractivity contribution is 0.105. The summed E-state index contributed by atoms with van der Waals surface area (Å²) in [5, 5.41) is 3.38. The normalized spacial score (nSPS) is 20.9. The molecule has 1 aromatic carbocycles. The van der Waals surface area contributed by atoms with Gasteiger partial charge >= 0.3 is 0 Å². The second-order valence-electron chi connectivity index (χ2n) is 6.47. The number of guanidine groups is 1. The lowest BCUT2D eigenvalue weighted by Gasteiger charge is -2.37. The Morgan fingerprint density at radius 2 is 2.04 bits per heavy atom. The number of hydrogen-bond acceptors (Lipinski definition) is 3. The van der Waals surface area contributed by atoms with Gasteiger partial charge in [-0.15, -0.1) is 24.0 Å². The van der Waals surface area contributed by atoms with Crippen LogP contribution in [0.4, 0.5) is 14.5 Å². The quantitative estimate of drug-likeness (QED) is 0.409. The number of rotatable bonds is 4. The first-order valence-corrected chi connectivity index (χ1v) is 8.94. The van der Waals surface area contributed by atoms with Crippen molar-refractivity contribution in [3.8, 4) is 0 Å². The number of anilines is 1. The van der Waals surface area contributed by atoms with Crippen LogP contribution in [-0.2, 0) is 4.74 Å². The molecule has 8 heteroatoms. The van der Waals surface area contributed by atoms with Gasteiger partial charge in [-0.1, -0.05) is 0 Å². The molecule has 0 aliphatic carbocycles. The second-order valence-corrected chi connectivity index (χ2v) is 6.47. The standard InChI is InChI=1S/C18H26F2N4O.HI/c1-21-18(22-7-6-15-3-2-12-25-15)24-10-8-23(9-11-24)17-13-14(19)4-5-16(17)20;/h4-5,13,15H,2-3,6-12H2,1H3,(H,21,22);1H. The van der Waals surface area contributed by atoms with Gasteiger partial charge < -0.3 is 19.9 Å². The number of aliphatic imine (C=N–C) groups is 1. The minimum Gasteiger partial charge on any atom is -0.378 e. The summed E-state index contributed by atoms with van der Waals surface area (Å²) in [6.45, 7) is 4.40. The predicted octanol–water partition coefficient (Wildman–Crippen LogP) is 2.85. The van der Waals surface area contributed by atoms with Crippen LogP contribution in [0.3, 0.4) is 0 Å². The number of benzene rings is 1. The van der Waals surface area contributed by atoms with Gasteiger partial charge in [0, 0.05) is 52.4 Å². The van der Waals surface area contributed by atoms with E-state index in [0.29, 0.717) is 24.9 Å². The fraction of sp³-hybridized carbons (Fsp3) is 0.611. The van der Waals surface area contributed by atoms with Crippen LogP contribution in [0, 0.1) is 11.6 Å². The molecule has 2 fully saturated rings. The van der Waals surface area contributed by atoms with E-state index in [9.17, 15) is 8.78 Å². The van der Waals surface area contributed by atoms with E-state index in [2.05, 4.69) is 15.2 Å². The van der Waals surface area contributed by atoms with Crippen molar-refractivity contribution in [1.29, 1.82) is 0 Å². The third kappa shape index (κ3) is 5.42. The SMILES string of the molecule is CN=C(NCCC1CCCO1)N1CCN(c2cc(F)ccc2F)CC1.I. The third-order valence-corrected chi connectivity index (χ3v) is 4.81. The zero-order chi connectivity index (χ0) is 17.6. The summed E-state index contributed by atoms with van der Waals surface area (Å²) in [6.07, 6.45) is 3.63. The third-order valence-electron chi connectivity index (χ3n) is 4.81. The van der Waals surface area contributed by atoms with E-state index >= 15 is 0 Å². The van der Waals surface area contributed by atoms with E-state index in [1.165, 1.54) is 12.1 Å². The molecule has 1 unspecified atom stereocenters. The summed E-state index contributed by atoms with van der Waals surface area (Å²) in [7, 11) is 1.77. The maximum atomic E-state index is 13.9. The molecular formula is C18H27F2IN4O. The highest BCUT2D eigenvalue weighted by Crippen LogP contribution is 2.22. The summed E-state index contributed by atoms with van der Waals surface area (Å²) in [6, 6.07) is 3.59. The first-order chi connectivity index (χ1) is 12.2. The number of nitrogens with zero attached hydrogens (tertiary/aromatic N) is 3. The molecule has 26 heavy (non-hydrogen) atoms. The second kappa shape index (κ2) is 10.2. The largest absolute Gasteiger partial charge is 0.378 e. The molecule has 0 radical (unpaired) electrons. The van der Waals surface area contributed by atoms with Gasteiger partial charge in [-0.2, -0.15) is 0 Å². The molecule has 3 rings (SSSR count). The van der Waals surface area contributed by atoms with E-state index in [0.717, 1.165) is 57.5 Å². The number of hydrogen-bond donors (Lipinski definition) is 1. The van der Waals surface area contributed by atoms with Crippen molar-refractivity contribution in [3.05, 3.63) is 29.8 Å². The Kier molecular flexibility index (Phi) is 8.33. The van der Waals surface area contributed by atoms with E-state index in [1.807, 2.05) is 4.90 Å². The van der Waals surface area contributed by atoms with Crippen LogP contribution in [-0.4, -0.2) is 63.3 Å². The Hall–Kier alpha value is -1.16. The first-order valence-electron chi connectivity index (χ1n) is 8.94. The highest BCUT2D eigenvalue weighted by Gasteiger charge is 2.22. The summed E-state index contributed by atoms with van der Waals surface area (Å²) in [5.41, 5.74) is 0.334. The molecular weight excluding hydrogens is 453 g/mol. The van der Waals surface area contributed by atoms with Crippen molar-refractivity contribution >= 4 is 35.6 Å². The molecule has 1 atom stereocenters. The molecule has 5 nitrogen and oxygen atoms in total. The van der Waals surface area contributed by atoms with E-state index in [1.54, 1.807) is 7.05 Å². The van der Waals surface area contributed by atoms with Gasteiger partial charge in [0.1, 0.15) is 11.6 Å². The highest BCUT2D eigenvalue weighted by atomic mass is 127. The minimum atomic E-state index is -0.412. The van der Waals surface area contributed by atoms with Gasteiger partial charge in [0.15, 0.2) is 5.96 Å².